The number of imide groups is 1. The summed E-state index contributed by atoms with van der Waals surface area (Å²) in [6, 6.07) is 9.28. The second-order valence-corrected chi connectivity index (χ2v) is 6.15. The van der Waals surface area contributed by atoms with E-state index in [1.165, 1.54) is 6.26 Å². The number of furan rings is 1. The topological polar surface area (TPSA) is 79.6 Å². The van der Waals surface area contributed by atoms with Gasteiger partial charge < -0.3 is 9.73 Å². The fourth-order valence-electron chi connectivity index (χ4n) is 3.01. The van der Waals surface area contributed by atoms with Crippen molar-refractivity contribution in [2.45, 2.75) is 32.9 Å². The number of nitrogens with zero attached hydrogens (tertiary/aromatic N) is 1. The van der Waals surface area contributed by atoms with E-state index in [1.807, 2.05) is 13.8 Å². The highest BCUT2D eigenvalue weighted by Gasteiger charge is 2.44. The molecule has 6 heteroatoms. The van der Waals surface area contributed by atoms with Gasteiger partial charge in [-0.25, -0.2) is 0 Å². The molecule has 0 aliphatic carbocycles. The molecule has 25 heavy (non-hydrogen) atoms. The number of fused-ring (bicyclic) bond motifs is 1. The van der Waals surface area contributed by atoms with E-state index in [0.29, 0.717) is 23.3 Å². The third kappa shape index (κ3) is 3.07. The molecule has 0 spiro atoms. The zero-order chi connectivity index (χ0) is 18.0. The average molecular weight is 340 g/mol. The van der Waals surface area contributed by atoms with Crippen LogP contribution in [0, 0.1) is 5.92 Å². The van der Waals surface area contributed by atoms with Crippen LogP contribution >= 0.6 is 0 Å². The second kappa shape index (κ2) is 6.93. The Bertz CT molecular complexity index is 763. The van der Waals surface area contributed by atoms with Gasteiger partial charge in [-0.1, -0.05) is 32.4 Å². The van der Waals surface area contributed by atoms with Crippen molar-refractivity contribution in [3.05, 3.63) is 59.5 Å². The Labute approximate surface area is 145 Å². The molecule has 130 valence electrons. The second-order valence-electron chi connectivity index (χ2n) is 6.15. The van der Waals surface area contributed by atoms with E-state index >= 15 is 0 Å². The maximum atomic E-state index is 12.8. The molecule has 2 unspecified atom stereocenters. The zero-order valence-electron chi connectivity index (χ0n) is 14.2. The van der Waals surface area contributed by atoms with Crippen LogP contribution in [0.5, 0.6) is 0 Å². The molecule has 1 aromatic carbocycles. The van der Waals surface area contributed by atoms with Gasteiger partial charge in [0.15, 0.2) is 0 Å². The van der Waals surface area contributed by atoms with Gasteiger partial charge in [0.1, 0.15) is 11.8 Å². The molecule has 0 bridgehead atoms. The van der Waals surface area contributed by atoms with Crippen LogP contribution in [-0.2, 0) is 11.3 Å². The Morgan fingerprint density at radius 3 is 2.28 bits per heavy atom. The van der Waals surface area contributed by atoms with Crippen LogP contribution in [0.15, 0.2) is 47.1 Å². The average Bonchev–Trinajstić information content (AvgIpc) is 3.23. The molecule has 3 rings (SSSR count). The highest BCUT2D eigenvalue weighted by atomic mass is 16.3. The van der Waals surface area contributed by atoms with Crippen molar-refractivity contribution in [2.24, 2.45) is 5.92 Å². The van der Waals surface area contributed by atoms with E-state index in [2.05, 4.69) is 5.32 Å². The van der Waals surface area contributed by atoms with E-state index in [4.69, 9.17) is 4.42 Å². The lowest BCUT2D eigenvalue weighted by Gasteiger charge is -2.29. The van der Waals surface area contributed by atoms with Crippen molar-refractivity contribution in [1.82, 2.24) is 10.2 Å². The fourth-order valence-corrected chi connectivity index (χ4v) is 3.01. The van der Waals surface area contributed by atoms with E-state index < -0.39 is 17.9 Å². The van der Waals surface area contributed by atoms with Crippen LogP contribution in [0.2, 0.25) is 0 Å². The van der Waals surface area contributed by atoms with E-state index in [-0.39, 0.29) is 18.4 Å². The molecule has 0 fully saturated rings. The summed E-state index contributed by atoms with van der Waals surface area (Å²) in [6.07, 6.45) is 2.18. The molecular weight excluding hydrogens is 320 g/mol. The van der Waals surface area contributed by atoms with Gasteiger partial charge in [0.2, 0.25) is 5.91 Å². The normalized spacial score (nSPS) is 15.8. The van der Waals surface area contributed by atoms with E-state index in [1.54, 1.807) is 36.4 Å². The molecule has 6 nitrogen and oxygen atoms in total. The predicted octanol–water partition coefficient (Wildman–Crippen LogP) is 2.61. The zero-order valence-corrected chi connectivity index (χ0v) is 14.2. The summed E-state index contributed by atoms with van der Waals surface area (Å²) in [5.74, 6) is -0.754. The van der Waals surface area contributed by atoms with Crippen molar-refractivity contribution in [1.29, 1.82) is 0 Å². The Kier molecular flexibility index (Phi) is 4.70. The summed E-state index contributed by atoms with van der Waals surface area (Å²) < 4.78 is 5.21. The van der Waals surface area contributed by atoms with Crippen molar-refractivity contribution in [2.75, 3.05) is 0 Å². The molecule has 2 atom stereocenters. The van der Waals surface area contributed by atoms with Gasteiger partial charge in [0.05, 0.1) is 23.9 Å². The van der Waals surface area contributed by atoms with Crippen molar-refractivity contribution in [3.8, 4) is 0 Å². The van der Waals surface area contributed by atoms with Gasteiger partial charge >= 0.3 is 0 Å². The van der Waals surface area contributed by atoms with Gasteiger partial charge in [-0.2, -0.15) is 0 Å². The van der Waals surface area contributed by atoms with Crippen LogP contribution in [-0.4, -0.2) is 28.7 Å². The first-order chi connectivity index (χ1) is 12.0. The van der Waals surface area contributed by atoms with Crippen LogP contribution < -0.4 is 5.32 Å². The molecular formula is C19H20N2O4. The SMILES string of the molecule is CCC(C)C(C(=O)NCc1ccco1)N1C(=O)c2ccccc2C1=O. The Morgan fingerprint density at radius 2 is 1.76 bits per heavy atom. The molecule has 1 aliphatic heterocycles. The molecule has 1 aliphatic rings. The quantitative estimate of drug-likeness (QED) is 0.820. The standard InChI is InChI=1S/C19H20N2O4/c1-3-12(2)16(17(22)20-11-13-7-6-10-25-13)21-18(23)14-8-4-5-9-15(14)19(21)24/h4-10,12,16H,3,11H2,1-2H3,(H,20,22). The van der Waals surface area contributed by atoms with Crippen LogP contribution in [0.4, 0.5) is 0 Å². The minimum absolute atomic E-state index is 0.168. The minimum atomic E-state index is -0.854. The van der Waals surface area contributed by atoms with Crippen LogP contribution in [0.25, 0.3) is 0 Å². The molecule has 0 saturated heterocycles. The number of rotatable bonds is 6. The third-order valence-electron chi connectivity index (χ3n) is 4.57. The Balaban J connectivity index is 1.85. The molecule has 2 heterocycles. The first-order valence-electron chi connectivity index (χ1n) is 8.31. The first kappa shape index (κ1) is 17.0. The summed E-state index contributed by atoms with van der Waals surface area (Å²) in [5, 5.41) is 2.77. The van der Waals surface area contributed by atoms with Gasteiger partial charge in [-0.05, 0) is 30.2 Å². The van der Waals surface area contributed by atoms with Crippen molar-refractivity contribution >= 4 is 17.7 Å². The maximum absolute atomic E-state index is 12.8. The first-order valence-corrected chi connectivity index (χ1v) is 8.31. The number of carbonyl (C=O) groups is 3. The lowest BCUT2D eigenvalue weighted by atomic mass is 9.96. The predicted molar refractivity (Wildman–Crippen MR) is 90.7 cm³/mol. The number of carbonyl (C=O) groups excluding carboxylic acids is 3. The minimum Gasteiger partial charge on any atom is -0.467 e. The Hall–Kier alpha value is -2.89. The molecule has 1 aromatic heterocycles. The summed E-state index contributed by atoms with van der Waals surface area (Å²) in [5.41, 5.74) is 0.694. The molecule has 1 N–H and O–H groups in total. The number of benzene rings is 1. The number of amides is 3. The van der Waals surface area contributed by atoms with Crippen molar-refractivity contribution < 1.29 is 18.8 Å². The smallest absolute Gasteiger partial charge is 0.262 e. The maximum Gasteiger partial charge on any atom is 0.262 e. The van der Waals surface area contributed by atoms with E-state index in [0.717, 1.165) is 4.90 Å². The monoisotopic (exact) mass is 340 g/mol. The molecule has 0 radical (unpaired) electrons. The van der Waals surface area contributed by atoms with E-state index in [9.17, 15) is 14.4 Å². The highest BCUT2D eigenvalue weighted by Crippen LogP contribution is 2.28. The molecule has 2 aromatic rings. The Morgan fingerprint density at radius 1 is 1.12 bits per heavy atom. The van der Waals surface area contributed by atoms with Crippen LogP contribution in [0.3, 0.4) is 0 Å². The lowest BCUT2D eigenvalue weighted by Crippen LogP contribution is -2.52. The number of nitrogens with one attached hydrogen (secondary N) is 1. The summed E-state index contributed by atoms with van der Waals surface area (Å²) >= 11 is 0. The number of hydrogen-bond donors (Lipinski definition) is 1. The highest BCUT2D eigenvalue weighted by molar-refractivity contribution is 6.22. The largest absolute Gasteiger partial charge is 0.467 e. The fraction of sp³-hybridized carbons (Fsp3) is 0.316. The van der Waals surface area contributed by atoms with Gasteiger partial charge in [0, 0.05) is 0 Å². The van der Waals surface area contributed by atoms with Gasteiger partial charge in [-0.3, -0.25) is 19.3 Å². The van der Waals surface area contributed by atoms with Crippen molar-refractivity contribution in [3.63, 3.8) is 0 Å². The summed E-state index contributed by atoms with van der Waals surface area (Å²) in [6.45, 7) is 4.00. The molecule has 0 saturated carbocycles. The number of hydrogen-bond acceptors (Lipinski definition) is 4. The third-order valence-corrected chi connectivity index (χ3v) is 4.57. The van der Waals surface area contributed by atoms with Gasteiger partial charge in [0.25, 0.3) is 11.8 Å². The summed E-state index contributed by atoms with van der Waals surface area (Å²) in [4.78, 5) is 39.3. The summed E-state index contributed by atoms with van der Waals surface area (Å²) in [7, 11) is 0. The van der Waals surface area contributed by atoms with Crippen LogP contribution in [0.1, 0.15) is 46.7 Å². The lowest BCUT2D eigenvalue weighted by molar-refractivity contribution is -0.126. The van der Waals surface area contributed by atoms with Gasteiger partial charge in [-0.15, -0.1) is 0 Å². The molecule has 3 amide bonds.